The maximum Gasteiger partial charge on any atom is 0.320 e. The molecule has 0 aliphatic heterocycles. The molecule has 0 aliphatic rings. The Balaban J connectivity index is 2.87. The molecule has 0 spiro atoms. The topological polar surface area (TPSA) is 63.3 Å². The molecular formula is C11H15NO2. The second-order valence-electron chi connectivity index (χ2n) is 3.51. The van der Waals surface area contributed by atoms with Crippen molar-refractivity contribution in [3.05, 3.63) is 34.9 Å². The van der Waals surface area contributed by atoms with Gasteiger partial charge in [0.1, 0.15) is 6.04 Å². The Labute approximate surface area is 83.6 Å². The van der Waals surface area contributed by atoms with Gasteiger partial charge in [-0.3, -0.25) is 4.79 Å². The molecule has 3 nitrogen and oxygen atoms in total. The lowest BCUT2D eigenvalue weighted by atomic mass is 9.98. The molecule has 14 heavy (non-hydrogen) atoms. The average Bonchev–Trinajstić information content (AvgIpc) is 2.12. The lowest BCUT2D eigenvalue weighted by Crippen LogP contribution is -2.32. The van der Waals surface area contributed by atoms with E-state index >= 15 is 0 Å². The van der Waals surface area contributed by atoms with Crippen molar-refractivity contribution >= 4 is 5.97 Å². The van der Waals surface area contributed by atoms with Crippen molar-refractivity contribution in [3.8, 4) is 0 Å². The van der Waals surface area contributed by atoms with Gasteiger partial charge in [-0.15, -0.1) is 0 Å². The van der Waals surface area contributed by atoms with E-state index in [1.54, 1.807) is 0 Å². The molecule has 1 rings (SSSR count). The molecule has 0 saturated heterocycles. The summed E-state index contributed by atoms with van der Waals surface area (Å²) < 4.78 is 0. The summed E-state index contributed by atoms with van der Waals surface area (Å²) in [6, 6.07) is 5.04. The predicted octanol–water partition coefficient (Wildman–Crippen LogP) is 1.26. The number of carbonyl (C=O) groups is 1. The third-order valence-corrected chi connectivity index (χ3v) is 2.47. The molecule has 1 aromatic carbocycles. The van der Waals surface area contributed by atoms with Crippen LogP contribution in [0.5, 0.6) is 0 Å². The second kappa shape index (κ2) is 4.24. The van der Waals surface area contributed by atoms with Crippen LogP contribution in [0, 0.1) is 13.8 Å². The number of aliphatic carboxylic acids is 1. The molecule has 0 bridgehead atoms. The molecule has 0 saturated carbocycles. The number of carboxylic acid groups (broad SMARTS) is 1. The molecular weight excluding hydrogens is 178 g/mol. The Bertz CT molecular complexity index is 347. The molecule has 0 radical (unpaired) electrons. The Morgan fingerprint density at radius 1 is 1.50 bits per heavy atom. The molecule has 0 heterocycles. The smallest absolute Gasteiger partial charge is 0.320 e. The van der Waals surface area contributed by atoms with Gasteiger partial charge in [0.2, 0.25) is 0 Å². The largest absolute Gasteiger partial charge is 0.480 e. The van der Waals surface area contributed by atoms with Crippen LogP contribution in [-0.4, -0.2) is 17.1 Å². The van der Waals surface area contributed by atoms with Gasteiger partial charge in [-0.1, -0.05) is 18.2 Å². The van der Waals surface area contributed by atoms with Crippen molar-refractivity contribution in [1.29, 1.82) is 0 Å². The van der Waals surface area contributed by atoms with E-state index in [-0.39, 0.29) is 0 Å². The molecule has 1 aromatic rings. The molecule has 76 valence electrons. The zero-order valence-corrected chi connectivity index (χ0v) is 8.45. The maximum atomic E-state index is 10.6. The van der Waals surface area contributed by atoms with Gasteiger partial charge in [-0.25, -0.2) is 0 Å². The fourth-order valence-corrected chi connectivity index (χ4v) is 1.36. The van der Waals surface area contributed by atoms with Gasteiger partial charge in [-0.05, 0) is 37.0 Å². The number of hydrogen-bond acceptors (Lipinski definition) is 2. The summed E-state index contributed by atoms with van der Waals surface area (Å²) in [5, 5.41) is 8.68. The van der Waals surface area contributed by atoms with E-state index in [9.17, 15) is 4.79 Å². The number of carboxylic acids is 1. The zero-order valence-electron chi connectivity index (χ0n) is 8.45. The van der Waals surface area contributed by atoms with Gasteiger partial charge < -0.3 is 10.8 Å². The molecule has 1 atom stereocenters. The van der Waals surface area contributed by atoms with E-state index < -0.39 is 12.0 Å². The van der Waals surface area contributed by atoms with Gasteiger partial charge in [-0.2, -0.15) is 0 Å². The third kappa shape index (κ3) is 2.33. The number of nitrogens with two attached hydrogens (primary N) is 1. The lowest BCUT2D eigenvalue weighted by molar-refractivity contribution is -0.138. The van der Waals surface area contributed by atoms with Gasteiger partial charge in [0.25, 0.3) is 0 Å². The highest BCUT2D eigenvalue weighted by atomic mass is 16.4. The minimum Gasteiger partial charge on any atom is -0.480 e. The second-order valence-corrected chi connectivity index (χ2v) is 3.51. The first kappa shape index (κ1) is 10.7. The van der Waals surface area contributed by atoms with Crippen LogP contribution >= 0.6 is 0 Å². The summed E-state index contributed by atoms with van der Waals surface area (Å²) in [6.07, 6.45) is 0.392. The van der Waals surface area contributed by atoms with E-state index in [2.05, 4.69) is 0 Å². The highest BCUT2D eigenvalue weighted by Crippen LogP contribution is 2.13. The van der Waals surface area contributed by atoms with Gasteiger partial charge in [0, 0.05) is 0 Å². The van der Waals surface area contributed by atoms with Crippen molar-refractivity contribution in [2.24, 2.45) is 5.73 Å². The minimum atomic E-state index is -0.953. The molecule has 3 N–H and O–H groups in total. The fourth-order valence-electron chi connectivity index (χ4n) is 1.36. The maximum absolute atomic E-state index is 10.6. The van der Waals surface area contributed by atoms with E-state index in [1.165, 1.54) is 5.56 Å². The molecule has 3 heteroatoms. The van der Waals surface area contributed by atoms with Crippen molar-refractivity contribution in [2.45, 2.75) is 26.3 Å². The van der Waals surface area contributed by atoms with E-state index in [0.29, 0.717) is 6.42 Å². The summed E-state index contributed by atoms with van der Waals surface area (Å²) in [5.74, 6) is -0.953. The Morgan fingerprint density at radius 2 is 2.14 bits per heavy atom. The van der Waals surface area contributed by atoms with Crippen molar-refractivity contribution in [1.82, 2.24) is 0 Å². The SMILES string of the molecule is Cc1cccc(CC(N)C(=O)O)c1C. The van der Waals surface area contributed by atoms with Gasteiger partial charge in [0.15, 0.2) is 0 Å². The summed E-state index contributed by atoms with van der Waals surface area (Å²) in [5.41, 5.74) is 8.78. The van der Waals surface area contributed by atoms with Crippen LogP contribution in [0.25, 0.3) is 0 Å². The third-order valence-electron chi connectivity index (χ3n) is 2.47. The van der Waals surface area contributed by atoms with Gasteiger partial charge >= 0.3 is 5.97 Å². The van der Waals surface area contributed by atoms with Crippen LogP contribution in [0.15, 0.2) is 18.2 Å². The van der Waals surface area contributed by atoms with Crippen LogP contribution in [0.1, 0.15) is 16.7 Å². The first-order chi connectivity index (χ1) is 6.52. The number of benzene rings is 1. The van der Waals surface area contributed by atoms with E-state index in [4.69, 9.17) is 10.8 Å². The average molecular weight is 193 g/mol. The van der Waals surface area contributed by atoms with Crippen LogP contribution < -0.4 is 5.73 Å². The first-order valence-corrected chi connectivity index (χ1v) is 4.56. The standard InChI is InChI=1S/C11H15NO2/c1-7-4-3-5-9(8(7)2)6-10(12)11(13)14/h3-5,10H,6,12H2,1-2H3,(H,13,14). The number of aryl methyl sites for hydroxylation is 1. The highest BCUT2D eigenvalue weighted by molar-refractivity contribution is 5.73. The van der Waals surface area contributed by atoms with Gasteiger partial charge in [0.05, 0.1) is 0 Å². The highest BCUT2D eigenvalue weighted by Gasteiger charge is 2.13. The van der Waals surface area contributed by atoms with Crippen LogP contribution in [-0.2, 0) is 11.2 Å². The Kier molecular flexibility index (Phi) is 3.25. The van der Waals surface area contributed by atoms with E-state index in [0.717, 1.165) is 11.1 Å². The quantitative estimate of drug-likeness (QED) is 0.759. The van der Waals surface area contributed by atoms with Crippen LogP contribution in [0.4, 0.5) is 0 Å². The monoisotopic (exact) mass is 193 g/mol. The minimum absolute atomic E-state index is 0.392. The lowest BCUT2D eigenvalue weighted by Gasteiger charge is -2.10. The van der Waals surface area contributed by atoms with E-state index in [1.807, 2.05) is 32.0 Å². The molecule has 0 amide bonds. The molecule has 0 aromatic heterocycles. The normalized spacial score (nSPS) is 12.5. The summed E-state index contributed by atoms with van der Waals surface area (Å²) in [6.45, 7) is 3.99. The van der Waals surface area contributed by atoms with Crippen molar-refractivity contribution in [3.63, 3.8) is 0 Å². The number of hydrogen-bond donors (Lipinski definition) is 2. The Morgan fingerprint density at radius 3 is 2.71 bits per heavy atom. The van der Waals surface area contributed by atoms with Crippen LogP contribution in [0.2, 0.25) is 0 Å². The fraction of sp³-hybridized carbons (Fsp3) is 0.364. The van der Waals surface area contributed by atoms with Crippen molar-refractivity contribution < 1.29 is 9.90 Å². The molecule has 0 fully saturated rings. The molecule has 0 aliphatic carbocycles. The number of rotatable bonds is 3. The predicted molar refractivity (Wildman–Crippen MR) is 55.2 cm³/mol. The van der Waals surface area contributed by atoms with Crippen LogP contribution in [0.3, 0.4) is 0 Å². The summed E-state index contributed by atoms with van der Waals surface area (Å²) in [7, 11) is 0. The first-order valence-electron chi connectivity index (χ1n) is 4.56. The van der Waals surface area contributed by atoms with Crippen molar-refractivity contribution in [2.75, 3.05) is 0 Å². The zero-order chi connectivity index (χ0) is 10.7. The Hall–Kier alpha value is -1.35. The summed E-state index contributed by atoms with van der Waals surface area (Å²) in [4.78, 5) is 10.6. The molecule has 1 unspecified atom stereocenters. The summed E-state index contributed by atoms with van der Waals surface area (Å²) >= 11 is 0.